The van der Waals surface area contributed by atoms with Crippen molar-refractivity contribution in [3.63, 3.8) is 0 Å². The van der Waals surface area contributed by atoms with Gasteiger partial charge in [-0.2, -0.15) is 0 Å². The number of rotatable bonds is 4. The van der Waals surface area contributed by atoms with Crippen LogP contribution in [-0.2, 0) is 0 Å². The van der Waals surface area contributed by atoms with Gasteiger partial charge in [0.1, 0.15) is 6.26 Å². The van der Waals surface area contributed by atoms with Crippen LogP contribution < -0.4 is 5.32 Å². The first-order chi connectivity index (χ1) is 6.20. The van der Waals surface area contributed by atoms with Crippen LogP contribution in [0.15, 0.2) is 16.9 Å². The van der Waals surface area contributed by atoms with E-state index in [4.69, 9.17) is 11.6 Å². The molecular weight excluding hydrogens is 192 g/mol. The van der Waals surface area contributed by atoms with E-state index in [0.717, 1.165) is 6.42 Å². The van der Waals surface area contributed by atoms with Crippen LogP contribution >= 0.6 is 11.6 Å². The van der Waals surface area contributed by atoms with E-state index in [1.54, 1.807) is 0 Å². The van der Waals surface area contributed by atoms with Gasteiger partial charge < -0.3 is 9.84 Å². The molecule has 72 valence electrons. The van der Waals surface area contributed by atoms with E-state index in [-0.39, 0.29) is 11.3 Å². The fourth-order valence-electron chi connectivity index (χ4n) is 0.805. The molecule has 1 unspecified atom stereocenters. The Morgan fingerprint density at radius 1 is 1.85 bits per heavy atom. The number of carbonyl (C=O) groups excluding carboxylic acids is 1. The molecule has 0 fully saturated rings. The second-order valence-corrected chi connectivity index (χ2v) is 3.46. The van der Waals surface area contributed by atoms with Gasteiger partial charge in [-0.25, -0.2) is 0 Å². The maximum Gasteiger partial charge on any atom is 0.273 e. The van der Waals surface area contributed by atoms with Crippen LogP contribution in [0.25, 0.3) is 0 Å². The molecule has 0 spiro atoms. The summed E-state index contributed by atoms with van der Waals surface area (Å²) in [5.41, 5.74) is 0.294. The maximum absolute atomic E-state index is 11.2. The molecule has 0 saturated carbocycles. The van der Waals surface area contributed by atoms with Crippen molar-refractivity contribution in [1.82, 2.24) is 10.5 Å². The third-order valence-electron chi connectivity index (χ3n) is 1.50. The van der Waals surface area contributed by atoms with Gasteiger partial charge in [0.25, 0.3) is 5.91 Å². The molecule has 0 bridgehead atoms. The summed E-state index contributed by atoms with van der Waals surface area (Å²) in [6.45, 7) is 2.43. The van der Waals surface area contributed by atoms with Crippen molar-refractivity contribution < 1.29 is 9.32 Å². The second-order valence-electron chi connectivity index (χ2n) is 2.71. The van der Waals surface area contributed by atoms with Crippen molar-refractivity contribution in [3.05, 3.63) is 18.0 Å². The molecule has 1 heterocycles. The predicted octanol–water partition coefficient (Wildman–Crippen LogP) is 1.42. The first-order valence-electron chi connectivity index (χ1n) is 4.03. The summed E-state index contributed by atoms with van der Waals surface area (Å²) in [6, 6.07) is 1.51. The molecule has 0 aliphatic heterocycles. The molecule has 5 heteroatoms. The Morgan fingerprint density at radius 2 is 2.62 bits per heavy atom. The van der Waals surface area contributed by atoms with Gasteiger partial charge in [0.05, 0.1) is 0 Å². The lowest BCUT2D eigenvalue weighted by atomic mass is 10.3. The van der Waals surface area contributed by atoms with Gasteiger partial charge in [0, 0.05) is 18.0 Å². The minimum absolute atomic E-state index is 0.0672. The summed E-state index contributed by atoms with van der Waals surface area (Å²) in [7, 11) is 0. The fraction of sp³-hybridized carbons (Fsp3) is 0.500. The number of amides is 1. The summed E-state index contributed by atoms with van der Waals surface area (Å²) in [6.07, 6.45) is 2.10. The van der Waals surface area contributed by atoms with Gasteiger partial charge >= 0.3 is 0 Å². The van der Waals surface area contributed by atoms with Gasteiger partial charge in [0.2, 0.25) is 0 Å². The van der Waals surface area contributed by atoms with E-state index >= 15 is 0 Å². The Bertz CT molecular complexity index is 259. The first-order valence-corrected chi connectivity index (χ1v) is 4.46. The summed E-state index contributed by atoms with van der Waals surface area (Å²) < 4.78 is 4.53. The molecule has 0 saturated heterocycles. The van der Waals surface area contributed by atoms with E-state index in [2.05, 4.69) is 15.0 Å². The largest absolute Gasteiger partial charge is 0.364 e. The molecule has 13 heavy (non-hydrogen) atoms. The van der Waals surface area contributed by atoms with Crippen LogP contribution in [0.1, 0.15) is 23.8 Å². The number of carbonyl (C=O) groups is 1. The number of halogens is 1. The van der Waals surface area contributed by atoms with Crippen LogP contribution in [0.3, 0.4) is 0 Å². The Balaban J connectivity index is 2.27. The average molecular weight is 203 g/mol. The van der Waals surface area contributed by atoms with Crippen molar-refractivity contribution in [2.24, 2.45) is 0 Å². The number of aromatic nitrogens is 1. The molecule has 1 N–H and O–H groups in total. The maximum atomic E-state index is 11.2. The van der Waals surface area contributed by atoms with Gasteiger partial charge in [-0.3, -0.25) is 4.79 Å². The lowest BCUT2D eigenvalue weighted by molar-refractivity contribution is 0.0944. The van der Waals surface area contributed by atoms with Crippen LogP contribution in [0.2, 0.25) is 0 Å². The lowest BCUT2D eigenvalue weighted by Gasteiger charge is -2.03. The van der Waals surface area contributed by atoms with Crippen molar-refractivity contribution in [2.75, 3.05) is 6.54 Å². The Kier molecular flexibility index (Phi) is 3.76. The van der Waals surface area contributed by atoms with Crippen LogP contribution in [-0.4, -0.2) is 23.0 Å². The lowest BCUT2D eigenvalue weighted by Crippen LogP contribution is -2.25. The molecule has 4 nitrogen and oxygen atoms in total. The minimum atomic E-state index is -0.230. The number of hydrogen-bond donors (Lipinski definition) is 1. The minimum Gasteiger partial charge on any atom is -0.364 e. The zero-order valence-corrected chi connectivity index (χ0v) is 8.04. The molecule has 1 amide bonds. The summed E-state index contributed by atoms with van der Waals surface area (Å²) in [5, 5.41) is 6.23. The molecule has 1 rings (SSSR count). The van der Waals surface area contributed by atoms with E-state index in [1.165, 1.54) is 12.3 Å². The standard InChI is InChI=1S/C8H11ClN2O2/c1-6(9)2-4-10-8(12)7-3-5-13-11-7/h3,5-6H,2,4H2,1H3,(H,10,12). The summed E-state index contributed by atoms with van der Waals surface area (Å²) >= 11 is 5.70. The summed E-state index contributed by atoms with van der Waals surface area (Å²) in [5.74, 6) is -0.230. The first kappa shape index (κ1) is 10.1. The number of nitrogens with zero attached hydrogens (tertiary/aromatic N) is 1. The van der Waals surface area contributed by atoms with Crippen LogP contribution in [0.5, 0.6) is 0 Å². The van der Waals surface area contributed by atoms with E-state index in [9.17, 15) is 4.79 Å². The van der Waals surface area contributed by atoms with Gasteiger partial charge in [0.15, 0.2) is 5.69 Å². The molecule has 0 radical (unpaired) electrons. The average Bonchev–Trinajstić information content (AvgIpc) is 2.55. The number of hydrogen-bond acceptors (Lipinski definition) is 3. The van der Waals surface area contributed by atoms with Crippen molar-refractivity contribution in [3.8, 4) is 0 Å². The monoisotopic (exact) mass is 202 g/mol. The molecule has 1 aromatic heterocycles. The molecule has 0 aromatic carbocycles. The van der Waals surface area contributed by atoms with E-state index in [0.29, 0.717) is 12.2 Å². The Labute approximate surface area is 81.2 Å². The zero-order valence-electron chi connectivity index (χ0n) is 7.29. The molecule has 0 aliphatic rings. The van der Waals surface area contributed by atoms with Crippen LogP contribution in [0, 0.1) is 0 Å². The second kappa shape index (κ2) is 4.87. The van der Waals surface area contributed by atoms with Gasteiger partial charge in [-0.15, -0.1) is 11.6 Å². The third-order valence-corrected chi connectivity index (χ3v) is 1.72. The zero-order chi connectivity index (χ0) is 9.68. The predicted molar refractivity (Wildman–Crippen MR) is 48.8 cm³/mol. The third kappa shape index (κ3) is 3.46. The molecule has 0 aliphatic carbocycles. The normalized spacial score (nSPS) is 12.5. The van der Waals surface area contributed by atoms with E-state index in [1.807, 2.05) is 6.92 Å². The van der Waals surface area contributed by atoms with Gasteiger partial charge in [-0.1, -0.05) is 5.16 Å². The highest BCUT2D eigenvalue weighted by molar-refractivity contribution is 6.20. The highest BCUT2D eigenvalue weighted by atomic mass is 35.5. The number of alkyl halides is 1. The smallest absolute Gasteiger partial charge is 0.273 e. The molecule has 1 aromatic rings. The Hall–Kier alpha value is -1.03. The van der Waals surface area contributed by atoms with Crippen LogP contribution in [0.4, 0.5) is 0 Å². The van der Waals surface area contributed by atoms with Crippen molar-refractivity contribution in [1.29, 1.82) is 0 Å². The van der Waals surface area contributed by atoms with Crippen molar-refractivity contribution >= 4 is 17.5 Å². The highest BCUT2D eigenvalue weighted by Gasteiger charge is 2.07. The molecular formula is C8H11ClN2O2. The fourth-order valence-corrected chi connectivity index (χ4v) is 0.914. The summed E-state index contributed by atoms with van der Waals surface area (Å²) in [4.78, 5) is 11.2. The quantitative estimate of drug-likeness (QED) is 0.752. The van der Waals surface area contributed by atoms with E-state index < -0.39 is 0 Å². The number of nitrogens with one attached hydrogen (secondary N) is 1. The highest BCUT2D eigenvalue weighted by Crippen LogP contribution is 1.98. The Morgan fingerprint density at radius 3 is 3.15 bits per heavy atom. The van der Waals surface area contributed by atoms with Crippen molar-refractivity contribution in [2.45, 2.75) is 18.7 Å². The SMILES string of the molecule is CC(Cl)CCNC(=O)c1ccon1. The topological polar surface area (TPSA) is 55.1 Å². The van der Waals surface area contributed by atoms with Gasteiger partial charge in [-0.05, 0) is 13.3 Å². The molecule has 1 atom stereocenters.